The fraction of sp³-hybridized carbons (Fsp3) is 0.133. The molecule has 3 nitrogen and oxygen atoms in total. The second kappa shape index (κ2) is 4.90. The summed E-state index contributed by atoms with van der Waals surface area (Å²) in [5.74, 6) is 0. The Bertz CT molecular complexity index is 692. The largest absolute Gasteiger partial charge is 0.398 e. The number of benzene rings is 1. The van der Waals surface area contributed by atoms with E-state index < -0.39 is 0 Å². The first-order valence-corrected chi connectivity index (χ1v) is 7.04. The van der Waals surface area contributed by atoms with Crippen LogP contribution in [-0.2, 0) is 6.54 Å². The van der Waals surface area contributed by atoms with Crippen molar-refractivity contribution in [2.45, 2.75) is 6.54 Å². The Hall–Kier alpha value is -2.07. The van der Waals surface area contributed by atoms with Gasteiger partial charge in [0.15, 0.2) is 0 Å². The predicted octanol–water partition coefficient (Wildman–Crippen LogP) is 3.51. The molecule has 2 heterocycles. The topological polar surface area (TPSA) is 42.1 Å². The van der Waals surface area contributed by atoms with Gasteiger partial charge < -0.3 is 10.6 Å². The third-order valence-corrected chi connectivity index (χ3v) is 3.97. The van der Waals surface area contributed by atoms with E-state index in [2.05, 4.69) is 39.8 Å². The lowest BCUT2D eigenvalue weighted by Gasteiger charge is -2.21. The number of nitrogen functional groups attached to an aromatic ring is 1. The Morgan fingerprint density at radius 2 is 2.11 bits per heavy atom. The lowest BCUT2D eigenvalue weighted by atomic mass is 10.1. The number of anilines is 2. The highest BCUT2D eigenvalue weighted by atomic mass is 32.1. The molecule has 0 spiro atoms. The van der Waals surface area contributed by atoms with Crippen LogP contribution in [0.15, 0.2) is 47.4 Å². The van der Waals surface area contributed by atoms with Crippen molar-refractivity contribution in [3.05, 3.63) is 53.0 Å². The van der Waals surface area contributed by atoms with E-state index in [1.54, 1.807) is 11.3 Å². The molecule has 0 amide bonds. The average molecular weight is 269 g/mol. The SMILES string of the molecule is CN(Cc1ccsc1)c1ccc(N)c2cnccc12. The Balaban J connectivity index is 2.03. The molecule has 3 rings (SSSR count). The molecular formula is C15H15N3S. The molecule has 2 aromatic heterocycles. The Morgan fingerprint density at radius 3 is 2.89 bits per heavy atom. The molecule has 0 saturated heterocycles. The molecular weight excluding hydrogens is 254 g/mol. The van der Waals surface area contributed by atoms with E-state index in [9.17, 15) is 0 Å². The minimum absolute atomic E-state index is 0.774. The molecule has 0 bridgehead atoms. The van der Waals surface area contributed by atoms with Crippen molar-refractivity contribution in [2.24, 2.45) is 0 Å². The monoisotopic (exact) mass is 269 g/mol. The molecule has 0 aliphatic carbocycles. The van der Waals surface area contributed by atoms with Gasteiger partial charge in [0, 0.05) is 48.1 Å². The minimum Gasteiger partial charge on any atom is -0.398 e. The molecule has 4 heteroatoms. The van der Waals surface area contributed by atoms with Crippen LogP contribution in [-0.4, -0.2) is 12.0 Å². The molecule has 96 valence electrons. The summed E-state index contributed by atoms with van der Waals surface area (Å²) in [5.41, 5.74) is 9.28. The second-order valence-corrected chi connectivity index (χ2v) is 5.36. The fourth-order valence-corrected chi connectivity index (χ4v) is 2.93. The Kier molecular flexibility index (Phi) is 3.09. The third kappa shape index (κ3) is 2.27. The number of nitrogens with two attached hydrogens (primary N) is 1. The van der Waals surface area contributed by atoms with Crippen molar-refractivity contribution in [1.82, 2.24) is 4.98 Å². The van der Waals surface area contributed by atoms with Gasteiger partial charge in [0.25, 0.3) is 0 Å². The van der Waals surface area contributed by atoms with Gasteiger partial charge in [0.2, 0.25) is 0 Å². The van der Waals surface area contributed by atoms with Crippen molar-refractivity contribution in [2.75, 3.05) is 17.7 Å². The molecule has 19 heavy (non-hydrogen) atoms. The minimum atomic E-state index is 0.774. The van der Waals surface area contributed by atoms with Crippen LogP contribution in [0.1, 0.15) is 5.56 Å². The molecule has 0 aliphatic rings. The van der Waals surface area contributed by atoms with Crippen LogP contribution in [0.5, 0.6) is 0 Å². The van der Waals surface area contributed by atoms with Crippen LogP contribution >= 0.6 is 11.3 Å². The smallest absolute Gasteiger partial charge is 0.0449 e. The summed E-state index contributed by atoms with van der Waals surface area (Å²) in [6.07, 6.45) is 3.64. The summed E-state index contributed by atoms with van der Waals surface area (Å²) in [5, 5.41) is 6.44. The van der Waals surface area contributed by atoms with Crippen molar-refractivity contribution < 1.29 is 0 Å². The van der Waals surface area contributed by atoms with Crippen molar-refractivity contribution in [3.63, 3.8) is 0 Å². The Morgan fingerprint density at radius 1 is 1.21 bits per heavy atom. The summed E-state index contributed by atoms with van der Waals surface area (Å²) >= 11 is 1.73. The van der Waals surface area contributed by atoms with Crippen LogP contribution in [0.25, 0.3) is 10.8 Å². The zero-order valence-electron chi connectivity index (χ0n) is 10.7. The maximum absolute atomic E-state index is 6.00. The number of rotatable bonds is 3. The second-order valence-electron chi connectivity index (χ2n) is 4.58. The van der Waals surface area contributed by atoms with E-state index in [4.69, 9.17) is 5.73 Å². The van der Waals surface area contributed by atoms with Crippen LogP contribution in [0.4, 0.5) is 11.4 Å². The summed E-state index contributed by atoms with van der Waals surface area (Å²) in [4.78, 5) is 6.39. The highest BCUT2D eigenvalue weighted by Gasteiger charge is 2.08. The van der Waals surface area contributed by atoms with Gasteiger partial charge in [0.05, 0.1) is 0 Å². The van der Waals surface area contributed by atoms with Crippen LogP contribution in [0, 0.1) is 0 Å². The summed E-state index contributed by atoms with van der Waals surface area (Å²) in [6.45, 7) is 0.894. The van der Waals surface area contributed by atoms with Crippen molar-refractivity contribution in [3.8, 4) is 0 Å². The number of hydrogen-bond acceptors (Lipinski definition) is 4. The molecule has 1 aromatic carbocycles. The van der Waals surface area contributed by atoms with Gasteiger partial charge in [-0.2, -0.15) is 11.3 Å². The molecule has 0 fully saturated rings. The standard InChI is InChI=1S/C15H15N3S/c1-18(9-11-5-7-19-10-11)15-3-2-14(16)13-8-17-6-4-12(13)15/h2-8,10H,9,16H2,1H3. The van der Waals surface area contributed by atoms with Gasteiger partial charge in [-0.3, -0.25) is 4.98 Å². The fourth-order valence-electron chi connectivity index (χ4n) is 2.27. The molecule has 0 atom stereocenters. The van der Waals surface area contributed by atoms with Crippen LogP contribution in [0.3, 0.4) is 0 Å². The first-order valence-electron chi connectivity index (χ1n) is 6.10. The lowest BCUT2D eigenvalue weighted by molar-refractivity contribution is 0.933. The van der Waals surface area contributed by atoms with Gasteiger partial charge in [-0.25, -0.2) is 0 Å². The van der Waals surface area contributed by atoms with Crippen molar-refractivity contribution in [1.29, 1.82) is 0 Å². The number of nitrogens with zero attached hydrogens (tertiary/aromatic N) is 2. The average Bonchev–Trinajstić information content (AvgIpc) is 2.92. The first kappa shape index (κ1) is 12.0. The van der Waals surface area contributed by atoms with Crippen LogP contribution in [0.2, 0.25) is 0 Å². The number of pyridine rings is 1. The lowest BCUT2D eigenvalue weighted by Crippen LogP contribution is -2.16. The van der Waals surface area contributed by atoms with Gasteiger partial charge in [-0.15, -0.1) is 0 Å². The van der Waals surface area contributed by atoms with Gasteiger partial charge in [-0.1, -0.05) is 0 Å². The van der Waals surface area contributed by atoms with E-state index in [-0.39, 0.29) is 0 Å². The molecule has 3 aromatic rings. The molecule has 0 unspecified atom stereocenters. The quantitative estimate of drug-likeness (QED) is 0.740. The number of fused-ring (bicyclic) bond motifs is 1. The molecule has 0 saturated carbocycles. The molecule has 2 N–H and O–H groups in total. The molecule has 0 radical (unpaired) electrons. The zero-order chi connectivity index (χ0) is 13.2. The third-order valence-electron chi connectivity index (χ3n) is 3.24. The van der Waals surface area contributed by atoms with E-state index in [0.717, 1.165) is 23.0 Å². The first-order chi connectivity index (χ1) is 9.25. The van der Waals surface area contributed by atoms with E-state index in [0.29, 0.717) is 0 Å². The van der Waals surface area contributed by atoms with Crippen molar-refractivity contribution >= 4 is 33.5 Å². The Labute approximate surface area is 116 Å². The van der Waals surface area contributed by atoms with E-state index in [1.165, 1.54) is 11.3 Å². The van der Waals surface area contributed by atoms with E-state index in [1.807, 2.05) is 24.5 Å². The maximum atomic E-state index is 6.00. The van der Waals surface area contributed by atoms with Gasteiger partial charge >= 0.3 is 0 Å². The van der Waals surface area contributed by atoms with Crippen LogP contribution < -0.4 is 10.6 Å². The van der Waals surface area contributed by atoms with Gasteiger partial charge in [-0.05, 0) is 40.6 Å². The number of hydrogen-bond donors (Lipinski definition) is 1. The maximum Gasteiger partial charge on any atom is 0.0449 e. The summed E-state index contributed by atoms with van der Waals surface area (Å²) < 4.78 is 0. The number of aromatic nitrogens is 1. The highest BCUT2D eigenvalue weighted by Crippen LogP contribution is 2.30. The molecule has 0 aliphatic heterocycles. The number of thiophene rings is 1. The zero-order valence-corrected chi connectivity index (χ0v) is 11.5. The predicted molar refractivity (Wildman–Crippen MR) is 82.6 cm³/mol. The highest BCUT2D eigenvalue weighted by molar-refractivity contribution is 7.07. The van der Waals surface area contributed by atoms with Gasteiger partial charge in [0.1, 0.15) is 0 Å². The van der Waals surface area contributed by atoms with E-state index >= 15 is 0 Å². The summed E-state index contributed by atoms with van der Waals surface area (Å²) in [7, 11) is 2.10. The summed E-state index contributed by atoms with van der Waals surface area (Å²) in [6, 6.07) is 8.20. The normalized spacial score (nSPS) is 10.8.